The third-order valence-corrected chi connectivity index (χ3v) is 5.85. The average molecular weight is 453 g/mol. The van der Waals surface area contributed by atoms with Crippen molar-refractivity contribution < 1.29 is 30.9 Å². The number of rotatable bonds is 6. The maximum absolute atomic E-state index is 13.6. The normalized spacial score (nSPS) is 11.9. The fraction of sp³-hybridized carbons (Fsp3) is 0.200. The molecule has 0 spiro atoms. The number of anilines is 2. The predicted octanol–water partition coefficient (Wildman–Crippen LogP) is 4.62. The number of aryl methyl sites for hydroxylation is 2. The lowest BCUT2D eigenvalue weighted by molar-refractivity contribution is -0.136. The average Bonchev–Trinajstić information content (AvgIpc) is 3.14. The predicted molar refractivity (Wildman–Crippen MR) is 107 cm³/mol. The quantitative estimate of drug-likeness (QED) is 0.567. The number of sulfonamides is 1. The van der Waals surface area contributed by atoms with Crippen LogP contribution in [0.15, 0.2) is 58.1 Å². The van der Waals surface area contributed by atoms with E-state index in [1.807, 2.05) is 11.6 Å². The minimum absolute atomic E-state index is 0.0638. The van der Waals surface area contributed by atoms with Crippen LogP contribution in [-0.4, -0.2) is 19.5 Å². The molecule has 31 heavy (non-hydrogen) atoms. The number of hydrogen-bond acceptors (Lipinski definition) is 5. The Morgan fingerprint density at radius 2 is 1.81 bits per heavy atom. The number of carbonyl (C=O) groups excluding carboxylic acids is 1. The van der Waals surface area contributed by atoms with Gasteiger partial charge in [-0.2, -0.15) is 13.2 Å². The molecule has 0 radical (unpaired) electrons. The second-order valence-corrected chi connectivity index (χ2v) is 8.29. The van der Waals surface area contributed by atoms with Gasteiger partial charge in [-0.15, -0.1) is 0 Å². The molecule has 3 aromatic rings. The van der Waals surface area contributed by atoms with E-state index in [0.29, 0.717) is 12.5 Å². The van der Waals surface area contributed by atoms with Gasteiger partial charge >= 0.3 is 6.18 Å². The Hall–Kier alpha value is -3.34. The number of amides is 1. The monoisotopic (exact) mass is 453 g/mol. The Bertz CT molecular complexity index is 1200. The van der Waals surface area contributed by atoms with Crippen LogP contribution in [0.3, 0.4) is 0 Å². The van der Waals surface area contributed by atoms with Gasteiger partial charge in [-0.3, -0.25) is 9.52 Å². The molecule has 3 rings (SSSR count). The zero-order valence-corrected chi connectivity index (χ0v) is 17.3. The highest BCUT2D eigenvalue weighted by Crippen LogP contribution is 2.37. The zero-order chi connectivity index (χ0) is 22.8. The van der Waals surface area contributed by atoms with Crippen LogP contribution in [0.1, 0.15) is 34.2 Å². The number of carbonyl (C=O) groups is 1. The summed E-state index contributed by atoms with van der Waals surface area (Å²) in [7, 11) is -4.26. The minimum atomic E-state index is -4.88. The molecule has 1 heterocycles. The smallest absolute Gasteiger partial charge is 0.361 e. The molecule has 0 bridgehead atoms. The molecule has 0 saturated carbocycles. The molecule has 1 aromatic heterocycles. The number of halogens is 3. The molecule has 0 aliphatic carbocycles. The van der Waals surface area contributed by atoms with Gasteiger partial charge in [-0.05, 0) is 49.2 Å². The molecule has 1 amide bonds. The maximum atomic E-state index is 13.6. The van der Waals surface area contributed by atoms with Crippen molar-refractivity contribution in [2.45, 2.75) is 31.3 Å². The lowest BCUT2D eigenvalue weighted by atomic mass is 10.1. The van der Waals surface area contributed by atoms with E-state index < -0.39 is 33.4 Å². The number of nitrogens with zero attached hydrogens (tertiary/aromatic N) is 1. The Labute approximate surface area is 176 Å². The van der Waals surface area contributed by atoms with Crippen molar-refractivity contribution in [2.75, 3.05) is 10.0 Å². The van der Waals surface area contributed by atoms with Crippen LogP contribution < -0.4 is 10.0 Å². The Balaban J connectivity index is 1.91. The second kappa shape index (κ2) is 8.42. The van der Waals surface area contributed by atoms with Crippen molar-refractivity contribution in [1.29, 1.82) is 0 Å². The SMILES string of the molecule is CCc1ccc(S(=O)(=O)Nc2ccc(NC(=O)c3cnoc3C)cc2C(F)(F)F)cc1. The first-order valence-electron chi connectivity index (χ1n) is 9.07. The van der Waals surface area contributed by atoms with Crippen molar-refractivity contribution in [2.24, 2.45) is 0 Å². The summed E-state index contributed by atoms with van der Waals surface area (Å²) in [6.07, 6.45) is -3.05. The summed E-state index contributed by atoms with van der Waals surface area (Å²) >= 11 is 0. The van der Waals surface area contributed by atoms with E-state index in [2.05, 4.69) is 10.5 Å². The van der Waals surface area contributed by atoms with E-state index in [0.717, 1.165) is 23.9 Å². The van der Waals surface area contributed by atoms with Crippen LogP contribution in [-0.2, 0) is 22.6 Å². The van der Waals surface area contributed by atoms with Crippen LogP contribution in [0.5, 0.6) is 0 Å². The number of nitrogens with one attached hydrogen (secondary N) is 2. The molecule has 11 heteroatoms. The van der Waals surface area contributed by atoms with Crippen LogP contribution >= 0.6 is 0 Å². The largest absolute Gasteiger partial charge is 0.418 e. The molecule has 0 aliphatic heterocycles. The highest BCUT2D eigenvalue weighted by molar-refractivity contribution is 7.92. The first-order valence-corrected chi connectivity index (χ1v) is 10.5. The second-order valence-electron chi connectivity index (χ2n) is 6.61. The summed E-state index contributed by atoms with van der Waals surface area (Å²) in [6.45, 7) is 3.37. The fourth-order valence-corrected chi connectivity index (χ4v) is 3.85. The molecule has 0 atom stereocenters. The third kappa shape index (κ3) is 5.05. The molecule has 0 aliphatic rings. The summed E-state index contributed by atoms with van der Waals surface area (Å²) in [5.74, 6) is -0.511. The molecule has 2 aromatic carbocycles. The molecular weight excluding hydrogens is 435 g/mol. The van der Waals surface area contributed by atoms with E-state index in [1.165, 1.54) is 19.1 Å². The number of aromatic nitrogens is 1. The number of alkyl halides is 3. The van der Waals surface area contributed by atoms with Gasteiger partial charge in [-0.1, -0.05) is 24.2 Å². The summed E-state index contributed by atoms with van der Waals surface area (Å²) in [5, 5.41) is 5.76. The zero-order valence-electron chi connectivity index (χ0n) is 16.4. The summed E-state index contributed by atoms with van der Waals surface area (Å²) in [6, 6.07) is 8.58. The van der Waals surface area contributed by atoms with Gasteiger partial charge in [-0.25, -0.2) is 8.42 Å². The minimum Gasteiger partial charge on any atom is -0.361 e. The van der Waals surface area contributed by atoms with Crippen LogP contribution in [0.25, 0.3) is 0 Å². The van der Waals surface area contributed by atoms with E-state index in [-0.39, 0.29) is 21.9 Å². The fourth-order valence-electron chi connectivity index (χ4n) is 2.77. The van der Waals surface area contributed by atoms with E-state index in [4.69, 9.17) is 4.52 Å². The third-order valence-electron chi connectivity index (χ3n) is 4.46. The number of hydrogen-bond donors (Lipinski definition) is 2. The van der Waals surface area contributed by atoms with Gasteiger partial charge in [0.1, 0.15) is 11.3 Å². The summed E-state index contributed by atoms with van der Waals surface area (Å²) < 4.78 is 72.7. The van der Waals surface area contributed by atoms with Crippen molar-refractivity contribution in [3.8, 4) is 0 Å². The van der Waals surface area contributed by atoms with Gasteiger partial charge in [0, 0.05) is 5.69 Å². The van der Waals surface area contributed by atoms with E-state index in [9.17, 15) is 26.4 Å². The molecule has 7 nitrogen and oxygen atoms in total. The van der Waals surface area contributed by atoms with Crippen molar-refractivity contribution >= 4 is 27.3 Å². The topological polar surface area (TPSA) is 101 Å². The van der Waals surface area contributed by atoms with Crippen LogP contribution in [0.2, 0.25) is 0 Å². The first kappa shape index (κ1) is 22.3. The van der Waals surface area contributed by atoms with E-state index >= 15 is 0 Å². The molecule has 0 unspecified atom stereocenters. The highest BCUT2D eigenvalue weighted by atomic mass is 32.2. The molecule has 0 saturated heterocycles. The van der Waals surface area contributed by atoms with Crippen molar-refractivity contribution in [3.63, 3.8) is 0 Å². The molecular formula is C20H18F3N3O4S. The molecule has 164 valence electrons. The van der Waals surface area contributed by atoms with Gasteiger partial charge in [0.15, 0.2) is 0 Å². The Morgan fingerprint density at radius 1 is 1.13 bits per heavy atom. The summed E-state index contributed by atoms with van der Waals surface area (Å²) in [4.78, 5) is 12.0. The molecule has 0 fully saturated rings. The maximum Gasteiger partial charge on any atom is 0.418 e. The Kier molecular flexibility index (Phi) is 6.07. The van der Waals surface area contributed by atoms with Gasteiger partial charge in [0.2, 0.25) is 0 Å². The number of benzene rings is 2. The van der Waals surface area contributed by atoms with Gasteiger partial charge < -0.3 is 9.84 Å². The standard InChI is InChI=1S/C20H18F3N3O4S/c1-3-13-4-7-15(8-5-13)31(28,29)26-18-9-6-14(10-17(18)20(21,22)23)25-19(27)16-11-24-30-12(16)2/h4-11,26H,3H2,1-2H3,(H,25,27). The van der Waals surface area contributed by atoms with Gasteiger partial charge in [0.25, 0.3) is 15.9 Å². The van der Waals surface area contributed by atoms with Crippen molar-refractivity contribution in [1.82, 2.24) is 5.16 Å². The first-order chi connectivity index (χ1) is 14.5. The van der Waals surface area contributed by atoms with Crippen LogP contribution in [0.4, 0.5) is 24.5 Å². The lowest BCUT2D eigenvalue weighted by Crippen LogP contribution is -2.18. The summed E-state index contributed by atoms with van der Waals surface area (Å²) in [5.41, 5.74) is -1.13. The Morgan fingerprint density at radius 3 is 2.35 bits per heavy atom. The van der Waals surface area contributed by atoms with E-state index in [1.54, 1.807) is 12.1 Å². The highest BCUT2D eigenvalue weighted by Gasteiger charge is 2.35. The molecule has 2 N–H and O–H groups in total. The lowest BCUT2D eigenvalue weighted by Gasteiger charge is -2.16. The van der Waals surface area contributed by atoms with Crippen LogP contribution in [0, 0.1) is 6.92 Å². The van der Waals surface area contributed by atoms with Crippen molar-refractivity contribution in [3.05, 3.63) is 71.1 Å². The van der Waals surface area contributed by atoms with Gasteiger partial charge in [0.05, 0.1) is 22.3 Å².